The van der Waals surface area contributed by atoms with Gasteiger partial charge in [-0.25, -0.2) is 4.98 Å². The Kier molecular flexibility index (Phi) is 5.30. The number of anilines is 3. The third-order valence-corrected chi connectivity index (χ3v) is 4.86. The van der Waals surface area contributed by atoms with Gasteiger partial charge in [0.05, 0.1) is 12.1 Å². The van der Waals surface area contributed by atoms with E-state index in [1.165, 1.54) is 19.3 Å². The Morgan fingerprint density at radius 3 is 2.44 bits per heavy atom. The standard InChI is InChI=1S/C22H24N4O/c27-22(16-26-14-4-1-5-15-26)24-19-11-9-18(10-12-19)23-21-13-8-17-6-2-3-7-20(17)25-21/h2-3,6-13H,1,4-5,14-16H2,(H,23,25)(H,24,27). The Labute approximate surface area is 159 Å². The number of para-hydroxylation sites is 1. The average molecular weight is 360 g/mol. The van der Waals surface area contributed by atoms with Crippen LogP contribution in [-0.4, -0.2) is 35.4 Å². The second-order valence-electron chi connectivity index (χ2n) is 6.98. The zero-order valence-corrected chi connectivity index (χ0v) is 15.3. The van der Waals surface area contributed by atoms with Crippen molar-refractivity contribution in [1.29, 1.82) is 0 Å². The van der Waals surface area contributed by atoms with Gasteiger partial charge in [-0.2, -0.15) is 0 Å². The van der Waals surface area contributed by atoms with Crippen LogP contribution in [0.2, 0.25) is 0 Å². The van der Waals surface area contributed by atoms with E-state index in [-0.39, 0.29) is 5.91 Å². The van der Waals surface area contributed by atoms with E-state index < -0.39 is 0 Å². The first-order valence-corrected chi connectivity index (χ1v) is 9.51. The molecule has 1 amide bonds. The summed E-state index contributed by atoms with van der Waals surface area (Å²) in [5.74, 6) is 0.851. The summed E-state index contributed by atoms with van der Waals surface area (Å²) in [4.78, 5) is 19.0. The van der Waals surface area contributed by atoms with Gasteiger partial charge in [0, 0.05) is 16.8 Å². The maximum absolute atomic E-state index is 12.2. The lowest BCUT2D eigenvalue weighted by Gasteiger charge is -2.25. The van der Waals surface area contributed by atoms with Crippen LogP contribution in [0.1, 0.15) is 19.3 Å². The Bertz CT molecular complexity index is 917. The predicted octanol–water partition coefficient (Wildman–Crippen LogP) is 4.40. The van der Waals surface area contributed by atoms with E-state index in [0.29, 0.717) is 6.54 Å². The number of piperidine rings is 1. The van der Waals surface area contributed by atoms with Crippen molar-refractivity contribution in [2.75, 3.05) is 30.3 Å². The van der Waals surface area contributed by atoms with E-state index in [9.17, 15) is 4.79 Å². The predicted molar refractivity (Wildman–Crippen MR) is 110 cm³/mol. The molecule has 0 radical (unpaired) electrons. The summed E-state index contributed by atoms with van der Waals surface area (Å²) in [5.41, 5.74) is 2.71. The maximum Gasteiger partial charge on any atom is 0.238 e. The van der Waals surface area contributed by atoms with Gasteiger partial charge in [-0.15, -0.1) is 0 Å². The molecule has 0 bridgehead atoms. The number of hydrogen-bond donors (Lipinski definition) is 2. The number of carbonyl (C=O) groups excluding carboxylic acids is 1. The minimum atomic E-state index is 0.0498. The fourth-order valence-electron chi connectivity index (χ4n) is 3.44. The fraction of sp³-hybridized carbons (Fsp3) is 0.273. The molecule has 1 aliphatic rings. The van der Waals surface area contributed by atoms with Crippen molar-refractivity contribution in [3.8, 4) is 0 Å². The zero-order chi connectivity index (χ0) is 18.5. The van der Waals surface area contributed by atoms with Crippen molar-refractivity contribution in [1.82, 2.24) is 9.88 Å². The molecule has 1 fully saturated rings. The molecule has 3 aromatic rings. The van der Waals surface area contributed by atoms with E-state index in [1.54, 1.807) is 0 Å². The molecule has 1 saturated heterocycles. The largest absolute Gasteiger partial charge is 0.340 e. The molecule has 27 heavy (non-hydrogen) atoms. The third-order valence-electron chi connectivity index (χ3n) is 4.86. The number of likely N-dealkylation sites (tertiary alicyclic amines) is 1. The Morgan fingerprint density at radius 1 is 0.889 bits per heavy atom. The molecule has 2 heterocycles. The molecular formula is C22H24N4O. The van der Waals surface area contributed by atoms with Gasteiger partial charge < -0.3 is 10.6 Å². The summed E-state index contributed by atoms with van der Waals surface area (Å²) >= 11 is 0. The van der Waals surface area contributed by atoms with Crippen LogP contribution in [0, 0.1) is 0 Å². The summed E-state index contributed by atoms with van der Waals surface area (Å²) in [6.45, 7) is 2.52. The van der Waals surface area contributed by atoms with E-state index in [4.69, 9.17) is 0 Å². The van der Waals surface area contributed by atoms with Crippen molar-refractivity contribution < 1.29 is 4.79 Å². The molecule has 0 atom stereocenters. The molecule has 4 rings (SSSR count). The van der Waals surface area contributed by atoms with Gasteiger partial charge in [-0.1, -0.05) is 24.6 Å². The summed E-state index contributed by atoms with van der Waals surface area (Å²) < 4.78 is 0. The summed E-state index contributed by atoms with van der Waals surface area (Å²) in [6, 6.07) is 19.8. The lowest BCUT2D eigenvalue weighted by molar-refractivity contribution is -0.117. The molecule has 0 unspecified atom stereocenters. The molecule has 1 aromatic heterocycles. The molecule has 0 aliphatic carbocycles. The molecule has 0 saturated carbocycles. The normalized spacial score (nSPS) is 14.8. The van der Waals surface area contributed by atoms with Crippen LogP contribution in [0.15, 0.2) is 60.7 Å². The molecule has 138 valence electrons. The molecule has 2 N–H and O–H groups in total. The number of benzene rings is 2. The van der Waals surface area contributed by atoms with Gasteiger partial charge in [0.15, 0.2) is 0 Å². The number of carbonyl (C=O) groups is 1. The topological polar surface area (TPSA) is 57.3 Å². The fourth-order valence-corrected chi connectivity index (χ4v) is 3.44. The summed E-state index contributed by atoms with van der Waals surface area (Å²) in [7, 11) is 0. The summed E-state index contributed by atoms with van der Waals surface area (Å²) in [5, 5.41) is 7.41. The lowest BCUT2D eigenvalue weighted by atomic mass is 10.1. The van der Waals surface area contributed by atoms with Crippen LogP contribution < -0.4 is 10.6 Å². The average Bonchev–Trinajstić information content (AvgIpc) is 2.70. The third kappa shape index (κ3) is 4.63. The van der Waals surface area contributed by atoms with Crippen molar-refractivity contribution in [3.05, 3.63) is 60.7 Å². The first-order valence-electron chi connectivity index (χ1n) is 9.51. The SMILES string of the molecule is O=C(CN1CCCCC1)Nc1ccc(Nc2ccc3ccccc3n2)cc1. The van der Waals surface area contributed by atoms with E-state index in [0.717, 1.165) is 41.2 Å². The number of amides is 1. The van der Waals surface area contributed by atoms with Crippen LogP contribution in [0.5, 0.6) is 0 Å². The minimum absolute atomic E-state index is 0.0498. The number of rotatable bonds is 5. The van der Waals surface area contributed by atoms with Gasteiger partial charge in [-0.3, -0.25) is 9.69 Å². The van der Waals surface area contributed by atoms with Gasteiger partial charge in [0.1, 0.15) is 5.82 Å². The van der Waals surface area contributed by atoms with E-state index >= 15 is 0 Å². The highest BCUT2D eigenvalue weighted by Crippen LogP contribution is 2.20. The lowest BCUT2D eigenvalue weighted by Crippen LogP contribution is -2.36. The zero-order valence-electron chi connectivity index (χ0n) is 15.3. The quantitative estimate of drug-likeness (QED) is 0.708. The highest BCUT2D eigenvalue weighted by atomic mass is 16.2. The van der Waals surface area contributed by atoms with Crippen LogP contribution in [-0.2, 0) is 4.79 Å². The highest BCUT2D eigenvalue weighted by Gasteiger charge is 2.13. The Hall–Kier alpha value is -2.92. The first-order chi connectivity index (χ1) is 13.3. The van der Waals surface area contributed by atoms with Gasteiger partial charge in [-0.05, 0) is 68.4 Å². The number of aromatic nitrogens is 1. The van der Waals surface area contributed by atoms with Crippen molar-refractivity contribution >= 4 is 34.0 Å². The van der Waals surface area contributed by atoms with Gasteiger partial charge in [0.2, 0.25) is 5.91 Å². The smallest absolute Gasteiger partial charge is 0.238 e. The molecule has 5 nitrogen and oxygen atoms in total. The maximum atomic E-state index is 12.2. The molecule has 2 aromatic carbocycles. The second-order valence-corrected chi connectivity index (χ2v) is 6.98. The molecule has 1 aliphatic heterocycles. The highest BCUT2D eigenvalue weighted by molar-refractivity contribution is 5.92. The molecule has 0 spiro atoms. The monoisotopic (exact) mass is 360 g/mol. The van der Waals surface area contributed by atoms with Crippen LogP contribution in [0.3, 0.4) is 0 Å². The van der Waals surface area contributed by atoms with Crippen LogP contribution >= 0.6 is 0 Å². The van der Waals surface area contributed by atoms with Crippen LogP contribution in [0.25, 0.3) is 10.9 Å². The first kappa shape index (κ1) is 17.5. The van der Waals surface area contributed by atoms with Crippen molar-refractivity contribution in [2.24, 2.45) is 0 Å². The molecule has 5 heteroatoms. The van der Waals surface area contributed by atoms with Gasteiger partial charge >= 0.3 is 0 Å². The second kappa shape index (κ2) is 8.18. The van der Waals surface area contributed by atoms with Crippen LogP contribution in [0.4, 0.5) is 17.2 Å². The summed E-state index contributed by atoms with van der Waals surface area (Å²) in [6.07, 6.45) is 3.66. The van der Waals surface area contributed by atoms with E-state index in [2.05, 4.69) is 26.6 Å². The Balaban J connectivity index is 1.35. The minimum Gasteiger partial charge on any atom is -0.340 e. The number of nitrogens with one attached hydrogen (secondary N) is 2. The number of pyridine rings is 1. The van der Waals surface area contributed by atoms with Crippen molar-refractivity contribution in [3.63, 3.8) is 0 Å². The number of fused-ring (bicyclic) bond motifs is 1. The number of hydrogen-bond acceptors (Lipinski definition) is 4. The molecular weight excluding hydrogens is 336 g/mol. The van der Waals surface area contributed by atoms with E-state index in [1.807, 2.05) is 54.6 Å². The van der Waals surface area contributed by atoms with Gasteiger partial charge in [0.25, 0.3) is 0 Å². The number of nitrogens with zero attached hydrogens (tertiary/aromatic N) is 2. The van der Waals surface area contributed by atoms with Crippen molar-refractivity contribution in [2.45, 2.75) is 19.3 Å². The Morgan fingerprint density at radius 2 is 1.63 bits per heavy atom.